The molecule has 1 saturated heterocycles. The first kappa shape index (κ1) is 20.7. The molecule has 3 aromatic rings. The lowest BCUT2D eigenvalue weighted by Crippen LogP contribution is -2.22. The zero-order chi connectivity index (χ0) is 21.8. The number of aromatic nitrogens is 1. The van der Waals surface area contributed by atoms with Crippen LogP contribution in [0.5, 0.6) is 11.5 Å². The molecule has 0 spiro atoms. The SMILES string of the molecule is COc1cc(CNC(=O)c2c[nH]c3ccc([N+](=O)[O-])cc23)ccc1OCC1CCCO1. The van der Waals surface area contributed by atoms with E-state index in [4.69, 9.17) is 14.2 Å². The number of nitrogens with one attached hydrogen (secondary N) is 2. The number of fused-ring (bicyclic) bond motifs is 1. The molecule has 0 bridgehead atoms. The van der Waals surface area contributed by atoms with Crippen LogP contribution in [-0.2, 0) is 11.3 Å². The third-order valence-electron chi connectivity index (χ3n) is 5.25. The van der Waals surface area contributed by atoms with Crippen molar-refractivity contribution in [2.75, 3.05) is 20.3 Å². The topological polar surface area (TPSA) is 116 Å². The number of ether oxygens (including phenoxy) is 3. The van der Waals surface area contributed by atoms with Gasteiger partial charge >= 0.3 is 0 Å². The highest BCUT2D eigenvalue weighted by Gasteiger charge is 2.18. The summed E-state index contributed by atoms with van der Waals surface area (Å²) in [6, 6.07) is 9.85. The number of nitro benzene ring substituents is 1. The second-order valence-electron chi connectivity index (χ2n) is 7.30. The Kier molecular flexibility index (Phi) is 6.03. The molecule has 1 aliphatic heterocycles. The average molecular weight is 425 g/mol. The Morgan fingerprint density at radius 2 is 2.16 bits per heavy atom. The van der Waals surface area contributed by atoms with Crippen molar-refractivity contribution in [3.8, 4) is 11.5 Å². The predicted octanol–water partition coefficient (Wildman–Crippen LogP) is 3.57. The van der Waals surface area contributed by atoms with E-state index >= 15 is 0 Å². The van der Waals surface area contributed by atoms with Crippen molar-refractivity contribution in [1.29, 1.82) is 0 Å². The van der Waals surface area contributed by atoms with Gasteiger partial charge in [0.2, 0.25) is 0 Å². The van der Waals surface area contributed by atoms with Crippen molar-refractivity contribution in [1.82, 2.24) is 10.3 Å². The van der Waals surface area contributed by atoms with Crippen LogP contribution >= 0.6 is 0 Å². The van der Waals surface area contributed by atoms with Crippen molar-refractivity contribution in [3.63, 3.8) is 0 Å². The van der Waals surface area contributed by atoms with Gasteiger partial charge in [0.25, 0.3) is 11.6 Å². The van der Waals surface area contributed by atoms with Crippen LogP contribution in [0.1, 0.15) is 28.8 Å². The van der Waals surface area contributed by atoms with E-state index in [-0.39, 0.29) is 24.2 Å². The van der Waals surface area contributed by atoms with Gasteiger partial charge in [-0.05, 0) is 36.6 Å². The molecule has 2 heterocycles. The number of carbonyl (C=O) groups excluding carboxylic acids is 1. The maximum atomic E-state index is 12.7. The van der Waals surface area contributed by atoms with E-state index in [9.17, 15) is 14.9 Å². The fourth-order valence-corrected chi connectivity index (χ4v) is 3.59. The largest absolute Gasteiger partial charge is 0.493 e. The summed E-state index contributed by atoms with van der Waals surface area (Å²) in [5.41, 5.74) is 1.78. The zero-order valence-corrected chi connectivity index (χ0v) is 17.1. The first-order valence-electron chi connectivity index (χ1n) is 10.00. The summed E-state index contributed by atoms with van der Waals surface area (Å²) >= 11 is 0. The smallest absolute Gasteiger partial charge is 0.270 e. The van der Waals surface area contributed by atoms with Crippen molar-refractivity contribution in [3.05, 3.63) is 63.8 Å². The monoisotopic (exact) mass is 425 g/mol. The van der Waals surface area contributed by atoms with Gasteiger partial charge in [0.05, 0.1) is 23.7 Å². The van der Waals surface area contributed by atoms with Crippen molar-refractivity contribution < 1.29 is 23.9 Å². The van der Waals surface area contributed by atoms with E-state index < -0.39 is 4.92 Å². The van der Waals surface area contributed by atoms with Crippen LogP contribution in [-0.4, -0.2) is 42.2 Å². The molecule has 1 aliphatic rings. The van der Waals surface area contributed by atoms with Crippen LogP contribution in [0.2, 0.25) is 0 Å². The number of methoxy groups -OCH3 is 1. The molecule has 162 valence electrons. The lowest BCUT2D eigenvalue weighted by molar-refractivity contribution is -0.384. The van der Waals surface area contributed by atoms with Gasteiger partial charge in [-0.2, -0.15) is 0 Å². The first-order chi connectivity index (χ1) is 15.0. The normalized spacial score (nSPS) is 15.7. The molecule has 31 heavy (non-hydrogen) atoms. The highest BCUT2D eigenvalue weighted by molar-refractivity contribution is 6.07. The molecule has 1 atom stereocenters. The van der Waals surface area contributed by atoms with Gasteiger partial charge in [-0.3, -0.25) is 14.9 Å². The number of hydrogen-bond acceptors (Lipinski definition) is 6. The summed E-state index contributed by atoms with van der Waals surface area (Å²) in [7, 11) is 1.56. The molecule has 2 aromatic carbocycles. The number of rotatable bonds is 8. The van der Waals surface area contributed by atoms with Crippen molar-refractivity contribution in [2.24, 2.45) is 0 Å². The number of benzene rings is 2. The number of aromatic amines is 1. The zero-order valence-electron chi connectivity index (χ0n) is 17.1. The second-order valence-corrected chi connectivity index (χ2v) is 7.30. The lowest BCUT2D eigenvalue weighted by atomic mass is 10.1. The number of non-ortho nitro benzene ring substituents is 1. The number of nitrogens with zero attached hydrogens (tertiary/aromatic N) is 1. The molecular weight excluding hydrogens is 402 g/mol. The van der Waals surface area contributed by atoms with Crippen LogP contribution < -0.4 is 14.8 Å². The van der Waals surface area contributed by atoms with Crippen LogP contribution in [0.15, 0.2) is 42.6 Å². The fourth-order valence-electron chi connectivity index (χ4n) is 3.59. The van der Waals surface area contributed by atoms with Crippen LogP contribution in [0.25, 0.3) is 10.9 Å². The third-order valence-corrected chi connectivity index (χ3v) is 5.25. The van der Waals surface area contributed by atoms with Crippen molar-refractivity contribution >= 4 is 22.5 Å². The Balaban J connectivity index is 1.42. The molecule has 4 rings (SSSR count). The summed E-state index contributed by atoms with van der Waals surface area (Å²) < 4.78 is 16.8. The minimum absolute atomic E-state index is 0.0653. The highest BCUT2D eigenvalue weighted by Crippen LogP contribution is 2.29. The Bertz CT molecular complexity index is 1100. The molecule has 2 N–H and O–H groups in total. The van der Waals surface area contributed by atoms with E-state index in [1.165, 1.54) is 12.1 Å². The van der Waals surface area contributed by atoms with Crippen molar-refractivity contribution in [2.45, 2.75) is 25.5 Å². The maximum absolute atomic E-state index is 12.7. The maximum Gasteiger partial charge on any atom is 0.270 e. The minimum atomic E-state index is -0.483. The number of hydrogen-bond donors (Lipinski definition) is 2. The van der Waals surface area contributed by atoms with Crippen LogP contribution in [0, 0.1) is 10.1 Å². The van der Waals surface area contributed by atoms with Crippen LogP contribution in [0.4, 0.5) is 5.69 Å². The van der Waals surface area contributed by atoms with Gasteiger partial charge in [-0.25, -0.2) is 0 Å². The Morgan fingerprint density at radius 1 is 1.29 bits per heavy atom. The summed E-state index contributed by atoms with van der Waals surface area (Å²) in [5, 5.41) is 14.4. The number of nitro groups is 1. The second kappa shape index (κ2) is 9.05. The van der Waals surface area contributed by atoms with Gasteiger partial charge in [-0.1, -0.05) is 6.07 Å². The minimum Gasteiger partial charge on any atom is -0.493 e. The molecule has 1 fully saturated rings. The van der Waals surface area contributed by atoms with Gasteiger partial charge < -0.3 is 24.5 Å². The molecular formula is C22H23N3O6. The highest BCUT2D eigenvalue weighted by atomic mass is 16.6. The van der Waals surface area contributed by atoms with Crippen LogP contribution in [0.3, 0.4) is 0 Å². The Morgan fingerprint density at radius 3 is 2.90 bits per heavy atom. The predicted molar refractivity (Wildman–Crippen MR) is 114 cm³/mol. The van der Waals surface area contributed by atoms with Gasteiger partial charge in [0.15, 0.2) is 11.5 Å². The van der Waals surface area contributed by atoms with E-state index in [0.717, 1.165) is 25.0 Å². The van der Waals surface area contributed by atoms with Gasteiger partial charge in [0.1, 0.15) is 6.61 Å². The number of carbonyl (C=O) groups is 1. The molecule has 0 aliphatic carbocycles. The lowest BCUT2D eigenvalue weighted by Gasteiger charge is -2.15. The quantitative estimate of drug-likeness (QED) is 0.421. The molecule has 0 radical (unpaired) electrons. The van der Waals surface area contributed by atoms with E-state index in [1.54, 1.807) is 19.4 Å². The first-order valence-corrected chi connectivity index (χ1v) is 10.00. The molecule has 1 unspecified atom stereocenters. The summed E-state index contributed by atoms with van der Waals surface area (Å²) in [4.78, 5) is 26.2. The third kappa shape index (κ3) is 4.61. The standard InChI is InChI=1S/C22H23N3O6/c1-29-21-9-14(4-7-20(21)31-13-16-3-2-8-30-16)11-24-22(26)18-12-23-19-6-5-15(25(27)28)10-17(18)19/h4-7,9-10,12,16,23H,2-3,8,11,13H2,1H3,(H,24,26). The van der Waals surface area contributed by atoms with E-state index in [0.29, 0.717) is 34.6 Å². The van der Waals surface area contributed by atoms with Gasteiger partial charge in [0, 0.05) is 42.4 Å². The number of amides is 1. The Hall–Kier alpha value is -3.59. The van der Waals surface area contributed by atoms with Gasteiger partial charge in [-0.15, -0.1) is 0 Å². The fraction of sp³-hybridized carbons (Fsp3) is 0.318. The summed E-state index contributed by atoms with van der Waals surface area (Å²) in [6.07, 6.45) is 3.69. The Labute approximate surface area is 178 Å². The molecule has 9 heteroatoms. The number of H-pyrrole nitrogens is 1. The van der Waals surface area contributed by atoms with E-state index in [2.05, 4.69) is 10.3 Å². The van der Waals surface area contributed by atoms with E-state index in [1.807, 2.05) is 18.2 Å². The molecule has 1 amide bonds. The summed E-state index contributed by atoms with van der Waals surface area (Å²) in [5.74, 6) is 0.869. The average Bonchev–Trinajstić information content (AvgIpc) is 3.45. The molecule has 9 nitrogen and oxygen atoms in total. The molecule has 1 aromatic heterocycles. The molecule has 0 saturated carbocycles. The summed E-state index contributed by atoms with van der Waals surface area (Å²) in [6.45, 7) is 1.51.